The van der Waals surface area contributed by atoms with Gasteiger partial charge in [0.25, 0.3) is 0 Å². The van der Waals surface area contributed by atoms with Crippen LogP contribution in [0.4, 0.5) is 17.5 Å². The minimum absolute atomic E-state index is 0.103. The number of fused-ring (bicyclic) bond motifs is 1. The Kier molecular flexibility index (Phi) is 5.53. The molecule has 3 aromatic rings. The highest BCUT2D eigenvalue weighted by molar-refractivity contribution is 5.85. The second kappa shape index (κ2) is 8.40. The first kappa shape index (κ1) is 19.1. The van der Waals surface area contributed by atoms with E-state index in [2.05, 4.69) is 44.5 Å². The van der Waals surface area contributed by atoms with Gasteiger partial charge in [-0.3, -0.25) is 10.1 Å². The summed E-state index contributed by atoms with van der Waals surface area (Å²) < 4.78 is 0. The zero-order chi connectivity index (χ0) is 20.2. The predicted octanol–water partition coefficient (Wildman–Crippen LogP) is 3.13. The van der Waals surface area contributed by atoms with E-state index in [-0.39, 0.29) is 11.5 Å². The molecule has 0 unspecified atom stereocenters. The van der Waals surface area contributed by atoms with Crippen LogP contribution in [0.1, 0.15) is 18.4 Å². The third-order valence-corrected chi connectivity index (χ3v) is 5.44. The van der Waals surface area contributed by atoms with E-state index in [4.69, 9.17) is 5.73 Å². The van der Waals surface area contributed by atoms with Gasteiger partial charge in [0.15, 0.2) is 0 Å². The van der Waals surface area contributed by atoms with Crippen molar-refractivity contribution in [2.24, 2.45) is 5.92 Å². The molecule has 0 spiro atoms. The zero-order valence-corrected chi connectivity index (χ0v) is 16.1. The van der Waals surface area contributed by atoms with Crippen molar-refractivity contribution in [3.05, 3.63) is 64.3 Å². The summed E-state index contributed by atoms with van der Waals surface area (Å²) in [7, 11) is 0. The fourth-order valence-corrected chi connectivity index (χ4v) is 3.90. The molecular weight excluding hydrogens is 368 g/mol. The van der Waals surface area contributed by atoms with Crippen LogP contribution in [0, 0.1) is 16.0 Å². The van der Waals surface area contributed by atoms with Gasteiger partial charge in [0.2, 0.25) is 11.8 Å². The minimum Gasteiger partial charge on any atom is -0.378 e. The van der Waals surface area contributed by atoms with Gasteiger partial charge >= 0.3 is 5.69 Å². The molecule has 2 heterocycles. The maximum absolute atomic E-state index is 11.1. The third-order valence-electron chi connectivity index (χ3n) is 5.44. The van der Waals surface area contributed by atoms with Crippen LogP contribution in [-0.4, -0.2) is 34.5 Å². The average molecular weight is 392 g/mol. The highest BCUT2D eigenvalue weighted by Gasteiger charge is 2.22. The van der Waals surface area contributed by atoms with Crippen molar-refractivity contribution in [3.8, 4) is 0 Å². The molecule has 0 bridgehead atoms. The quantitative estimate of drug-likeness (QED) is 0.490. The fourth-order valence-electron chi connectivity index (χ4n) is 3.90. The van der Waals surface area contributed by atoms with E-state index in [1.807, 2.05) is 18.2 Å². The van der Waals surface area contributed by atoms with Crippen LogP contribution in [0.15, 0.2) is 48.7 Å². The Balaban J connectivity index is 1.68. The van der Waals surface area contributed by atoms with Crippen molar-refractivity contribution < 1.29 is 4.92 Å². The third kappa shape index (κ3) is 4.27. The molecule has 8 heteroatoms. The molecule has 0 atom stereocenters. The fraction of sp³-hybridized carbons (Fsp3) is 0.333. The van der Waals surface area contributed by atoms with Crippen LogP contribution in [0.3, 0.4) is 0 Å². The summed E-state index contributed by atoms with van der Waals surface area (Å²) in [4.78, 5) is 21.2. The summed E-state index contributed by atoms with van der Waals surface area (Å²) >= 11 is 0. The summed E-state index contributed by atoms with van der Waals surface area (Å²) in [6.45, 7) is 3.39. The average Bonchev–Trinajstić information content (AvgIpc) is 2.74. The highest BCUT2D eigenvalue weighted by Crippen LogP contribution is 2.26. The lowest BCUT2D eigenvalue weighted by Crippen LogP contribution is -2.36. The van der Waals surface area contributed by atoms with Gasteiger partial charge in [-0.25, -0.2) is 4.98 Å². The van der Waals surface area contributed by atoms with Gasteiger partial charge in [0.05, 0.1) is 4.92 Å². The molecule has 0 radical (unpaired) electrons. The van der Waals surface area contributed by atoms with Gasteiger partial charge in [0, 0.05) is 13.1 Å². The van der Waals surface area contributed by atoms with Gasteiger partial charge in [-0.1, -0.05) is 42.5 Å². The van der Waals surface area contributed by atoms with E-state index >= 15 is 0 Å². The van der Waals surface area contributed by atoms with Crippen LogP contribution in [0.2, 0.25) is 0 Å². The molecule has 1 aliphatic rings. The SMILES string of the molecule is Nc1nc(N(Cc2cccc3ccccc23)CC2CCNCC2)ncc1[N+](=O)[O-]. The number of nitrogen functional groups attached to an aromatic ring is 1. The van der Waals surface area contributed by atoms with Gasteiger partial charge < -0.3 is 16.0 Å². The smallest absolute Gasteiger partial charge is 0.329 e. The first-order valence-electron chi connectivity index (χ1n) is 9.81. The van der Waals surface area contributed by atoms with Gasteiger partial charge in [0.1, 0.15) is 6.20 Å². The van der Waals surface area contributed by atoms with E-state index in [0.29, 0.717) is 18.4 Å². The molecule has 2 aromatic carbocycles. The number of anilines is 2. The van der Waals surface area contributed by atoms with Crippen molar-refractivity contribution in [1.82, 2.24) is 15.3 Å². The predicted molar refractivity (Wildman–Crippen MR) is 114 cm³/mol. The molecule has 150 valence electrons. The number of hydrogen-bond donors (Lipinski definition) is 2. The van der Waals surface area contributed by atoms with E-state index in [9.17, 15) is 10.1 Å². The van der Waals surface area contributed by atoms with E-state index in [1.165, 1.54) is 17.0 Å². The zero-order valence-electron chi connectivity index (χ0n) is 16.1. The summed E-state index contributed by atoms with van der Waals surface area (Å²) in [5, 5.41) is 16.8. The normalized spacial score (nSPS) is 14.8. The minimum atomic E-state index is -0.555. The largest absolute Gasteiger partial charge is 0.378 e. The Labute approximate surface area is 168 Å². The summed E-state index contributed by atoms with van der Waals surface area (Å²) in [6.07, 6.45) is 3.36. The molecule has 3 N–H and O–H groups in total. The molecule has 0 saturated carbocycles. The molecule has 29 heavy (non-hydrogen) atoms. The van der Waals surface area contributed by atoms with Crippen LogP contribution in [0.5, 0.6) is 0 Å². The summed E-state index contributed by atoms with van der Waals surface area (Å²) in [6, 6.07) is 14.5. The Morgan fingerprint density at radius 1 is 1.17 bits per heavy atom. The second-order valence-electron chi connectivity index (χ2n) is 7.41. The van der Waals surface area contributed by atoms with E-state index in [0.717, 1.165) is 38.0 Å². The van der Waals surface area contributed by atoms with Crippen LogP contribution < -0.4 is 16.0 Å². The molecular formula is C21H24N6O2. The maximum Gasteiger partial charge on any atom is 0.329 e. The van der Waals surface area contributed by atoms with Crippen molar-refractivity contribution in [2.75, 3.05) is 30.3 Å². The number of nitrogens with two attached hydrogens (primary N) is 1. The van der Waals surface area contributed by atoms with E-state index < -0.39 is 4.92 Å². The molecule has 8 nitrogen and oxygen atoms in total. The van der Waals surface area contributed by atoms with Crippen molar-refractivity contribution in [2.45, 2.75) is 19.4 Å². The Morgan fingerprint density at radius 3 is 2.69 bits per heavy atom. The number of piperidine rings is 1. The Hall–Kier alpha value is -3.26. The molecule has 0 aliphatic carbocycles. The highest BCUT2D eigenvalue weighted by atomic mass is 16.6. The molecule has 1 aliphatic heterocycles. The summed E-state index contributed by atoms with van der Waals surface area (Å²) in [5.41, 5.74) is 6.75. The maximum atomic E-state index is 11.1. The molecule has 4 rings (SSSR count). The molecule has 1 fully saturated rings. The monoisotopic (exact) mass is 392 g/mol. The number of hydrogen-bond acceptors (Lipinski definition) is 7. The van der Waals surface area contributed by atoms with Crippen molar-refractivity contribution >= 4 is 28.2 Å². The number of nitrogens with zero attached hydrogens (tertiary/aromatic N) is 4. The number of rotatable bonds is 6. The molecule has 0 amide bonds. The number of aromatic nitrogens is 2. The van der Waals surface area contributed by atoms with Crippen molar-refractivity contribution in [1.29, 1.82) is 0 Å². The topological polar surface area (TPSA) is 110 Å². The Morgan fingerprint density at radius 2 is 1.93 bits per heavy atom. The number of benzene rings is 2. The molecule has 1 aromatic heterocycles. The first-order valence-corrected chi connectivity index (χ1v) is 9.81. The number of nitrogens with one attached hydrogen (secondary N) is 1. The van der Waals surface area contributed by atoms with Gasteiger partial charge in [-0.05, 0) is 48.2 Å². The van der Waals surface area contributed by atoms with Gasteiger partial charge in [-0.2, -0.15) is 4.98 Å². The standard InChI is InChI=1S/C21H24N6O2/c22-20-19(27(28)29)12-24-21(25-20)26(13-15-8-10-23-11-9-15)14-17-6-3-5-16-4-1-2-7-18(16)17/h1-7,12,15,23H,8-11,13-14H2,(H2,22,24,25). The first-order chi connectivity index (χ1) is 14.1. The Bertz CT molecular complexity index is 1010. The van der Waals surface area contributed by atoms with Crippen molar-refractivity contribution in [3.63, 3.8) is 0 Å². The summed E-state index contributed by atoms with van der Waals surface area (Å²) in [5.74, 6) is 0.832. The second-order valence-corrected chi connectivity index (χ2v) is 7.41. The lowest BCUT2D eigenvalue weighted by atomic mass is 9.97. The number of nitro groups is 1. The lowest BCUT2D eigenvalue weighted by Gasteiger charge is -2.30. The van der Waals surface area contributed by atoms with Crippen LogP contribution in [0.25, 0.3) is 10.8 Å². The van der Waals surface area contributed by atoms with E-state index in [1.54, 1.807) is 0 Å². The lowest BCUT2D eigenvalue weighted by molar-refractivity contribution is -0.384. The van der Waals surface area contributed by atoms with Gasteiger partial charge in [-0.15, -0.1) is 0 Å². The van der Waals surface area contributed by atoms with Crippen LogP contribution >= 0.6 is 0 Å². The van der Waals surface area contributed by atoms with Crippen LogP contribution in [-0.2, 0) is 6.54 Å². The molecule has 1 saturated heterocycles.